The highest BCUT2D eigenvalue weighted by Crippen LogP contribution is 2.22. The van der Waals surface area contributed by atoms with Gasteiger partial charge in [-0.3, -0.25) is 4.79 Å². The van der Waals surface area contributed by atoms with Crippen LogP contribution in [-0.2, 0) is 0 Å². The standard InChI is InChI=1S/C19H16ClN3O2/c1-2-25-18-11-10-17(22-23-18)14-4-3-5-16(12-14)21-19(24)13-6-8-15(20)9-7-13/h3-12H,2H2,1H3,(H,21,24). The molecule has 3 rings (SSSR count). The Bertz CT molecular complexity index is 865. The number of ether oxygens (including phenoxy) is 1. The van der Waals surface area contributed by atoms with Gasteiger partial charge in [0.05, 0.1) is 12.3 Å². The number of hydrogen-bond acceptors (Lipinski definition) is 4. The quantitative estimate of drug-likeness (QED) is 0.736. The van der Waals surface area contributed by atoms with E-state index >= 15 is 0 Å². The predicted octanol–water partition coefficient (Wildman–Crippen LogP) is 4.45. The molecule has 0 bridgehead atoms. The number of nitrogens with zero attached hydrogens (tertiary/aromatic N) is 2. The van der Waals surface area contributed by atoms with Crippen LogP contribution in [0.25, 0.3) is 11.3 Å². The number of nitrogens with one attached hydrogen (secondary N) is 1. The van der Waals surface area contributed by atoms with Crippen molar-refractivity contribution in [3.8, 4) is 17.1 Å². The van der Waals surface area contributed by atoms with Crippen molar-refractivity contribution < 1.29 is 9.53 Å². The monoisotopic (exact) mass is 353 g/mol. The SMILES string of the molecule is CCOc1ccc(-c2cccc(NC(=O)c3ccc(Cl)cc3)c2)nn1. The summed E-state index contributed by atoms with van der Waals surface area (Å²) < 4.78 is 5.29. The molecule has 0 atom stereocenters. The van der Waals surface area contributed by atoms with E-state index in [2.05, 4.69) is 15.5 Å². The number of aromatic nitrogens is 2. The molecule has 1 N–H and O–H groups in total. The summed E-state index contributed by atoms with van der Waals surface area (Å²) in [6.45, 7) is 2.43. The van der Waals surface area contributed by atoms with E-state index in [-0.39, 0.29) is 5.91 Å². The Morgan fingerprint density at radius 1 is 1.08 bits per heavy atom. The number of hydrogen-bond donors (Lipinski definition) is 1. The summed E-state index contributed by atoms with van der Waals surface area (Å²) in [6.07, 6.45) is 0. The van der Waals surface area contributed by atoms with E-state index in [4.69, 9.17) is 16.3 Å². The van der Waals surface area contributed by atoms with E-state index in [1.165, 1.54) is 0 Å². The molecule has 0 spiro atoms. The minimum atomic E-state index is -0.202. The molecule has 0 aliphatic rings. The van der Waals surface area contributed by atoms with Crippen molar-refractivity contribution in [1.29, 1.82) is 0 Å². The lowest BCUT2D eigenvalue weighted by Crippen LogP contribution is -2.11. The van der Waals surface area contributed by atoms with Crippen LogP contribution in [0.15, 0.2) is 60.7 Å². The van der Waals surface area contributed by atoms with E-state index in [1.807, 2.05) is 37.3 Å². The van der Waals surface area contributed by atoms with Crippen molar-refractivity contribution >= 4 is 23.2 Å². The second-order valence-corrected chi connectivity index (χ2v) is 5.67. The first-order chi connectivity index (χ1) is 12.2. The molecule has 0 unspecified atom stereocenters. The van der Waals surface area contributed by atoms with E-state index in [1.54, 1.807) is 30.3 Å². The lowest BCUT2D eigenvalue weighted by atomic mass is 10.1. The summed E-state index contributed by atoms with van der Waals surface area (Å²) in [5.74, 6) is 0.282. The summed E-state index contributed by atoms with van der Waals surface area (Å²) in [6, 6.07) is 17.7. The third-order valence-corrected chi connectivity index (χ3v) is 3.71. The highest BCUT2D eigenvalue weighted by Gasteiger charge is 2.08. The first kappa shape index (κ1) is 16.9. The Balaban J connectivity index is 1.77. The van der Waals surface area contributed by atoms with Crippen LogP contribution in [0.3, 0.4) is 0 Å². The van der Waals surface area contributed by atoms with E-state index in [0.29, 0.717) is 34.5 Å². The maximum absolute atomic E-state index is 12.3. The van der Waals surface area contributed by atoms with E-state index < -0.39 is 0 Å². The fourth-order valence-corrected chi connectivity index (χ4v) is 2.39. The Hall–Kier alpha value is -2.92. The molecule has 0 saturated carbocycles. The van der Waals surface area contributed by atoms with Gasteiger partial charge >= 0.3 is 0 Å². The summed E-state index contributed by atoms with van der Waals surface area (Å²) >= 11 is 5.84. The molecule has 2 aromatic carbocycles. The minimum absolute atomic E-state index is 0.202. The molecule has 1 amide bonds. The summed E-state index contributed by atoms with van der Waals surface area (Å²) in [5.41, 5.74) is 2.76. The first-order valence-corrected chi connectivity index (χ1v) is 8.17. The third-order valence-electron chi connectivity index (χ3n) is 3.45. The average Bonchev–Trinajstić information content (AvgIpc) is 2.63. The number of amides is 1. The Kier molecular flexibility index (Phi) is 5.26. The van der Waals surface area contributed by atoms with E-state index in [9.17, 15) is 4.79 Å². The summed E-state index contributed by atoms with van der Waals surface area (Å²) in [5, 5.41) is 11.6. The van der Waals surface area contributed by atoms with Crippen LogP contribution in [0.5, 0.6) is 5.88 Å². The molecule has 126 valence electrons. The second kappa shape index (κ2) is 7.77. The maximum atomic E-state index is 12.3. The van der Waals surface area contributed by atoms with Gasteiger partial charge in [-0.1, -0.05) is 23.7 Å². The van der Waals surface area contributed by atoms with Gasteiger partial charge in [0.2, 0.25) is 5.88 Å². The number of anilines is 1. The first-order valence-electron chi connectivity index (χ1n) is 7.79. The average molecular weight is 354 g/mol. The number of carbonyl (C=O) groups excluding carboxylic acids is 1. The number of halogens is 1. The van der Waals surface area contributed by atoms with Crippen LogP contribution < -0.4 is 10.1 Å². The maximum Gasteiger partial charge on any atom is 0.255 e. The molecule has 0 radical (unpaired) electrons. The van der Waals surface area contributed by atoms with Gasteiger partial charge in [0.1, 0.15) is 0 Å². The number of carbonyl (C=O) groups is 1. The normalized spacial score (nSPS) is 10.3. The van der Waals surface area contributed by atoms with Gasteiger partial charge < -0.3 is 10.1 Å². The molecule has 0 fully saturated rings. The van der Waals surface area contributed by atoms with Crippen LogP contribution in [0.2, 0.25) is 5.02 Å². The molecule has 3 aromatic rings. The second-order valence-electron chi connectivity index (χ2n) is 5.23. The number of benzene rings is 2. The zero-order chi connectivity index (χ0) is 17.6. The van der Waals surface area contributed by atoms with Gasteiger partial charge in [0.25, 0.3) is 5.91 Å². The zero-order valence-electron chi connectivity index (χ0n) is 13.6. The molecule has 1 heterocycles. The lowest BCUT2D eigenvalue weighted by Gasteiger charge is -2.08. The van der Waals surface area contributed by atoms with E-state index in [0.717, 1.165) is 5.56 Å². The highest BCUT2D eigenvalue weighted by atomic mass is 35.5. The summed E-state index contributed by atoms with van der Waals surface area (Å²) in [7, 11) is 0. The van der Waals surface area contributed by atoms with Crippen molar-refractivity contribution in [3.63, 3.8) is 0 Å². The van der Waals surface area contributed by atoms with Gasteiger partial charge in [-0.25, -0.2) is 0 Å². The fourth-order valence-electron chi connectivity index (χ4n) is 2.26. The summed E-state index contributed by atoms with van der Waals surface area (Å²) in [4.78, 5) is 12.3. The lowest BCUT2D eigenvalue weighted by molar-refractivity contribution is 0.102. The Morgan fingerprint density at radius 2 is 1.88 bits per heavy atom. The molecule has 25 heavy (non-hydrogen) atoms. The van der Waals surface area contributed by atoms with Crippen molar-refractivity contribution in [1.82, 2.24) is 10.2 Å². The largest absolute Gasteiger partial charge is 0.477 e. The zero-order valence-corrected chi connectivity index (χ0v) is 14.3. The molecule has 5 nitrogen and oxygen atoms in total. The molecular formula is C19H16ClN3O2. The van der Waals surface area contributed by atoms with Crippen molar-refractivity contribution in [2.75, 3.05) is 11.9 Å². The van der Waals surface area contributed by atoms with Crippen LogP contribution >= 0.6 is 11.6 Å². The topological polar surface area (TPSA) is 64.1 Å². The smallest absolute Gasteiger partial charge is 0.255 e. The molecule has 0 saturated heterocycles. The van der Waals surface area contributed by atoms with Crippen LogP contribution in [0, 0.1) is 0 Å². The van der Waals surface area contributed by atoms with Crippen molar-refractivity contribution in [3.05, 3.63) is 71.2 Å². The van der Waals surface area contributed by atoms with Gasteiger partial charge in [0.15, 0.2) is 0 Å². The fraction of sp³-hybridized carbons (Fsp3) is 0.105. The van der Waals surface area contributed by atoms with Crippen molar-refractivity contribution in [2.24, 2.45) is 0 Å². The van der Waals surface area contributed by atoms with Crippen molar-refractivity contribution in [2.45, 2.75) is 6.92 Å². The third kappa shape index (κ3) is 4.33. The van der Waals surface area contributed by atoms with Crippen LogP contribution in [-0.4, -0.2) is 22.7 Å². The van der Waals surface area contributed by atoms with Gasteiger partial charge in [-0.2, -0.15) is 0 Å². The predicted molar refractivity (Wildman–Crippen MR) is 98.0 cm³/mol. The molecular weight excluding hydrogens is 338 g/mol. The molecule has 0 aliphatic heterocycles. The Labute approximate surface area is 150 Å². The highest BCUT2D eigenvalue weighted by molar-refractivity contribution is 6.30. The van der Waals surface area contributed by atoms with Crippen LogP contribution in [0.4, 0.5) is 5.69 Å². The molecule has 0 aliphatic carbocycles. The van der Waals surface area contributed by atoms with Gasteiger partial charge in [0, 0.05) is 27.9 Å². The molecule has 6 heteroatoms. The minimum Gasteiger partial charge on any atom is -0.477 e. The van der Waals surface area contributed by atoms with Gasteiger partial charge in [-0.05, 0) is 49.4 Å². The van der Waals surface area contributed by atoms with Crippen LogP contribution in [0.1, 0.15) is 17.3 Å². The Morgan fingerprint density at radius 3 is 2.56 bits per heavy atom. The number of rotatable bonds is 5. The van der Waals surface area contributed by atoms with Gasteiger partial charge in [-0.15, -0.1) is 10.2 Å². The molecule has 1 aromatic heterocycles.